The lowest BCUT2D eigenvalue weighted by atomic mass is 10.0. The van der Waals surface area contributed by atoms with Crippen molar-refractivity contribution in [2.24, 2.45) is 5.73 Å². The molecule has 0 saturated heterocycles. The van der Waals surface area contributed by atoms with Gasteiger partial charge in [0.1, 0.15) is 5.60 Å². The summed E-state index contributed by atoms with van der Waals surface area (Å²) in [6.07, 6.45) is -1.99. The zero-order valence-electron chi connectivity index (χ0n) is 5.96. The highest BCUT2D eigenvalue weighted by atomic mass is 35.5. The molecule has 11 heavy (non-hydrogen) atoms. The van der Waals surface area contributed by atoms with E-state index in [9.17, 15) is 8.78 Å². The van der Waals surface area contributed by atoms with E-state index in [1.165, 1.54) is 0 Å². The molecule has 0 bridgehead atoms. The Morgan fingerprint density at radius 3 is 2.27 bits per heavy atom. The van der Waals surface area contributed by atoms with Crippen molar-refractivity contribution in [3.63, 3.8) is 0 Å². The lowest BCUT2D eigenvalue weighted by Gasteiger charge is -2.20. The third-order valence-corrected chi connectivity index (χ3v) is 1.97. The molecule has 1 aliphatic rings. The molecule has 1 saturated carbocycles. The summed E-state index contributed by atoms with van der Waals surface area (Å²) in [5.74, 6) is 0. The lowest BCUT2D eigenvalue weighted by molar-refractivity contribution is -0.0911. The van der Waals surface area contributed by atoms with Crippen molar-refractivity contribution in [2.75, 3.05) is 0 Å². The molecule has 2 unspecified atom stereocenters. The predicted octanol–water partition coefficient (Wildman–Crippen LogP) is 0.916. The van der Waals surface area contributed by atoms with Gasteiger partial charge in [0.25, 0.3) is 6.43 Å². The molecule has 1 aliphatic carbocycles. The number of nitrogens with two attached hydrogens (primary N) is 1. The first kappa shape index (κ1) is 11.1. The van der Waals surface area contributed by atoms with Gasteiger partial charge in [0.2, 0.25) is 0 Å². The van der Waals surface area contributed by atoms with E-state index >= 15 is 0 Å². The Morgan fingerprint density at radius 2 is 2.09 bits per heavy atom. The van der Waals surface area contributed by atoms with Crippen molar-refractivity contribution in [2.45, 2.75) is 37.3 Å². The first-order chi connectivity index (χ1) is 4.54. The van der Waals surface area contributed by atoms with Crippen LogP contribution < -0.4 is 5.73 Å². The Balaban J connectivity index is 0.000001000. The molecule has 2 atom stereocenters. The molecule has 1 rings (SSSR count). The summed E-state index contributed by atoms with van der Waals surface area (Å²) in [6, 6.07) is -0.251. The standard InChI is InChI=1S/C6H11F2NO.ClH/c7-5(8)6(10)2-1-4(9)3-6;/h4-5,10H,1-3,9H2;1H. The first-order valence-electron chi connectivity index (χ1n) is 3.31. The number of hydrogen-bond donors (Lipinski definition) is 2. The van der Waals surface area contributed by atoms with Crippen molar-refractivity contribution in [3.05, 3.63) is 0 Å². The van der Waals surface area contributed by atoms with Crippen LogP contribution in [0.2, 0.25) is 0 Å². The minimum absolute atomic E-state index is 0. The Labute approximate surface area is 70.2 Å². The van der Waals surface area contributed by atoms with Gasteiger partial charge in [-0.05, 0) is 19.3 Å². The van der Waals surface area contributed by atoms with Crippen molar-refractivity contribution in [1.29, 1.82) is 0 Å². The van der Waals surface area contributed by atoms with Crippen LogP contribution in [0.5, 0.6) is 0 Å². The van der Waals surface area contributed by atoms with E-state index < -0.39 is 12.0 Å². The van der Waals surface area contributed by atoms with Crippen LogP contribution in [0.1, 0.15) is 19.3 Å². The second-order valence-electron chi connectivity index (χ2n) is 2.91. The highest BCUT2D eigenvalue weighted by Gasteiger charge is 2.43. The predicted molar refractivity (Wildman–Crippen MR) is 40.0 cm³/mol. The summed E-state index contributed by atoms with van der Waals surface area (Å²) >= 11 is 0. The molecular weight excluding hydrogens is 176 g/mol. The second kappa shape index (κ2) is 3.65. The zero-order chi connectivity index (χ0) is 7.78. The zero-order valence-corrected chi connectivity index (χ0v) is 6.78. The van der Waals surface area contributed by atoms with E-state index in [4.69, 9.17) is 10.8 Å². The first-order valence-corrected chi connectivity index (χ1v) is 3.31. The third-order valence-electron chi connectivity index (χ3n) is 1.97. The van der Waals surface area contributed by atoms with Crippen LogP contribution in [-0.2, 0) is 0 Å². The van der Waals surface area contributed by atoms with Gasteiger partial charge in [-0.15, -0.1) is 12.4 Å². The lowest BCUT2D eigenvalue weighted by Crippen LogP contribution is -2.35. The molecule has 0 amide bonds. The highest BCUT2D eigenvalue weighted by Crippen LogP contribution is 2.33. The Kier molecular flexibility index (Phi) is 3.67. The van der Waals surface area contributed by atoms with Gasteiger partial charge in [-0.2, -0.15) is 0 Å². The molecular formula is C6H12ClF2NO. The van der Waals surface area contributed by atoms with E-state index in [-0.39, 0.29) is 31.3 Å². The van der Waals surface area contributed by atoms with Crippen LogP contribution in [-0.4, -0.2) is 23.2 Å². The smallest absolute Gasteiger partial charge is 0.266 e. The van der Waals surface area contributed by atoms with Gasteiger partial charge in [-0.1, -0.05) is 0 Å². The summed E-state index contributed by atoms with van der Waals surface area (Å²) in [5.41, 5.74) is 3.56. The van der Waals surface area contributed by atoms with Crippen LogP contribution in [0.3, 0.4) is 0 Å². The highest BCUT2D eigenvalue weighted by molar-refractivity contribution is 5.85. The molecule has 0 aromatic carbocycles. The monoisotopic (exact) mass is 187 g/mol. The van der Waals surface area contributed by atoms with Crippen LogP contribution in [0.25, 0.3) is 0 Å². The quantitative estimate of drug-likeness (QED) is 0.641. The van der Waals surface area contributed by atoms with Gasteiger partial charge in [-0.3, -0.25) is 0 Å². The van der Waals surface area contributed by atoms with Gasteiger partial charge in [0.15, 0.2) is 0 Å². The maximum Gasteiger partial charge on any atom is 0.266 e. The molecule has 3 N–H and O–H groups in total. The van der Waals surface area contributed by atoms with Gasteiger partial charge in [-0.25, -0.2) is 8.78 Å². The van der Waals surface area contributed by atoms with Crippen LogP contribution in [0, 0.1) is 0 Å². The number of halogens is 3. The molecule has 0 radical (unpaired) electrons. The number of alkyl halides is 2. The maximum atomic E-state index is 12.0. The van der Waals surface area contributed by atoms with Gasteiger partial charge < -0.3 is 10.8 Å². The number of aliphatic hydroxyl groups is 1. The summed E-state index contributed by atoms with van der Waals surface area (Å²) < 4.78 is 24.0. The molecule has 5 heteroatoms. The van der Waals surface area contributed by atoms with Gasteiger partial charge in [0, 0.05) is 6.04 Å². The van der Waals surface area contributed by atoms with E-state index in [1.807, 2.05) is 0 Å². The fourth-order valence-electron chi connectivity index (χ4n) is 1.29. The summed E-state index contributed by atoms with van der Waals surface area (Å²) in [4.78, 5) is 0. The Hall–Kier alpha value is 0.0700. The average Bonchev–Trinajstić information content (AvgIpc) is 2.13. The van der Waals surface area contributed by atoms with Crippen molar-refractivity contribution >= 4 is 12.4 Å². The van der Waals surface area contributed by atoms with Crippen molar-refractivity contribution in [1.82, 2.24) is 0 Å². The largest absolute Gasteiger partial charge is 0.384 e. The molecule has 68 valence electrons. The molecule has 0 spiro atoms. The molecule has 2 nitrogen and oxygen atoms in total. The molecule has 0 aromatic heterocycles. The van der Waals surface area contributed by atoms with E-state index in [2.05, 4.69) is 0 Å². The summed E-state index contributed by atoms with van der Waals surface area (Å²) in [5, 5.41) is 9.11. The summed E-state index contributed by atoms with van der Waals surface area (Å²) in [7, 11) is 0. The Bertz CT molecular complexity index is 136. The van der Waals surface area contributed by atoms with Crippen molar-refractivity contribution < 1.29 is 13.9 Å². The molecule has 0 aliphatic heterocycles. The van der Waals surface area contributed by atoms with Crippen LogP contribution in [0.15, 0.2) is 0 Å². The maximum absolute atomic E-state index is 12.0. The topological polar surface area (TPSA) is 46.2 Å². The van der Waals surface area contributed by atoms with E-state index in [0.29, 0.717) is 6.42 Å². The SMILES string of the molecule is Cl.NC1CCC(O)(C(F)F)C1. The fourth-order valence-corrected chi connectivity index (χ4v) is 1.29. The second-order valence-corrected chi connectivity index (χ2v) is 2.91. The third kappa shape index (κ3) is 2.25. The average molecular weight is 188 g/mol. The van der Waals surface area contributed by atoms with Crippen LogP contribution >= 0.6 is 12.4 Å². The normalized spacial score (nSPS) is 37.4. The van der Waals surface area contributed by atoms with E-state index in [0.717, 1.165) is 0 Å². The minimum Gasteiger partial charge on any atom is -0.384 e. The van der Waals surface area contributed by atoms with Crippen LogP contribution in [0.4, 0.5) is 8.78 Å². The molecule has 0 heterocycles. The van der Waals surface area contributed by atoms with E-state index in [1.54, 1.807) is 0 Å². The fraction of sp³-hybridized carbons (Fsp3) is 1.00. The number of rotatable bonds is 1. The number of hydrogen-bond acceptors (Lipinski definition) is 2. The summed E-state index contributed by atoms with van der Waals surface area (Å²) in [6.45, 7) is 0. The minimum atomic E-state index is -2.65. The van der Waals surface area contributed by atoms with Gasteiger partial charge >= 0.3 is 0 Å². The molecule has 0 aromatic rings. The van der Waals surface area contributed by atoms with Crippen molar-refractivity contribution in [3.8, 4) is 0 Å². The Morgan fingerprint density at radius 1 is 1.55 bits per heavy atom. The molecule has 1 fully saturated rings. The van der Waals surface area contributed by atoms with Gasteiger partial charge in [0.05, 0.1) is 0 Å².